The summed E-state index contributed by atoms with van der Waals surface area (Å²) in [6.45, 7) is 1.44. The average Bonchev–Trinajstić information content (AvgIpc) is 2.13. The first-order chi connectivity index (χ1) is 8.19. The molecule has 1 aromatic rings. The van der Waals surface area contributed by atoms with E-state index in [9.17, 15) is 4.39 Å². The molecule has 0 saturated heterocycles. The molecule has 0 amide bonds. The summed E-state index contributed by atoms with van der Waals surface area (Å²) >= 11 is 0. The minimum absolute atomic E-state index is 0.140. The Balaban J connectivity index is 2.05. The van der Waals surface area contributed by atoms with Crippen molar-refractivity contribution in [3.63, 3.8) is 0 Å². The fraction of sp³-hybridized carbons (Fsp3) is 0.538. The fourth-order valence-electron chi connectivity index (χ4n) is 2.27. The predicted octanol–water partition coefficient (Wildman–Crippen LogP) is 1.75. The molecule has 17 heavy (non-hydrogen) atoms. The smallest absolute Gasteiger partial charge is 0.125 e. The maximum atomic E-state index is 13.2. The first-order valence-corrected chi connectivity index (χ1v) is 6.09. The zero-order valence-electron chi connectivity index (χ0n) is 9.90. The van der Waals surface area contributed by atoms with Crippen molar-refractivity contribution in [2.75, 3.05) is 18.9 Å². The van der Waals surface area contributed by atoms with E-state index in [2.05, 4.69) is 4.90 Å². The Morgan fingerprint density at radius 1 is 1.35 bits per heavy atom. The van der Waals surface area contributed by atoms with E-state index >= 15 is 0 Å². The fourth-order valence-corrected chi connectivity index (χ4v) is 2.27. The Labute approximate surface area is 101 Å². The van der Waals surface area contributed by atoms with Crippen LogP contribution >= 0.6 is 0 Å². The minimum Gasteiger partial charge on any atom is -0.399 e. The van der Waals surface area contributed by atoms with Crippen LogP contribution in [0.25, 0.3) is 0 Å². The van der Waals surface area contributed by atoms with E-state index in [0.29, 0.717) is 24.8 Å². The summed E-state index contributed by atoms with van der Waals surface area (Å²) in [6.07, 6.45) is 3.59. The van der Waals surface area contributed by atoms with Crippen molar-refractivity contribution in [1.82, 2.24) is 4.90 Å². The van der Waals surface area contributed by atoms with E-state index in [-0.39, 0.29) is 12.4 Å². The van der Waals surface area contributed by atoms with Gasteiger partial charge in [0.25, 0.3) is 0 Å². The maximum Gasteiger partial charge on any atom is 0.125 e. The van der Waals surface area contributed by atoms with Gasteiger partial charge in [-0.15, -0.1) is 0 Å². The number of aliphatic hydroxyl groups excluding tert-OH is 1. The van der Waals surface area contributed by atoms with Crippen LogP contribution < -0.4 is 5.73 Å². The second-order valence-corrected chi connectivity index (χ2v) is 4.67. The molecule has 1 fully saturated rings. The number of benzene rings is 1. The van der Waals surface area contributed by atoms with Gasteiger partial charge in [-0.1, -0.05) is 6.42 Å². The number of nitrogens with zero attached hydrogens (tertiary/aromatic N) is 1. The van der Waals surface area contributed by atoms with Crippen LogP contribution in [0.1, 0.15) is 24.8 Å². The molecule has 0 aliphatic heterocycles. The molecule has 0 unspecified atom stereocenters. The van der Waals surface area contributed by atoms with Gasteiger partial charge in [-0.05, 0) is 36.6 Å². The highest BCUT2D eigenvalue weighted by molar-refractivity contribution is 5.41. The summed E-state index contributed by atoms with van der Waals surface area (Å²) in [5, 5.41) is 9.05. The van der Waals surface area contributed by atoms with Crippen molar-refractivity contribution < 1.29 is 9.50 Å². The third-order valence-electron chi connectivity index (χ3n) is 3.34. The minimum atomic E-state index is -0.294. The molecule has 4 heteroatoms. The second kappa shape index (κ2) is 5.47. The highest BCUT2D eigenvalue weighted by Crippen LogP contribution is 2.26. The Morgan fingerprint density at radius 2 is 2.12 bits per heavy atom. The van der Waals surface area contributed by atoms with Crippen molar-refractivity contribution in [3.8, 4) is 0 Å². The molecule has 0 spiro atoms. The molecule has 1 saturated carbocycles. The predicted molar refractivity (Wildman–Crippen MR) is 65.9 cm³/mol. The highest BCUT2D eigenvalue weighted by atomic mass is 19.1. The SMILES string of the molecule is Nc1cc(F)cc(CN(CCO)C2CCC2)c1. The molecule has 1 aromatic carbocycles. The van der Waals surface area contributed by atoms with Crippen LogP contribution in [0, 0.1) is 5.82 Å². The van der Waals surface area contributed by atoms with Crippen LogP contribution in [0.15, 0.2) is 18.2 Å². The zero-order chi connectivity index (χ0) is 12.3. The van der Waals surface area contributed by atoms with Crippen molar-refractivity contribution in [3.05, 3.63) is 29.6 Å². The number of hydrogen-bond acceptors (Lipinski definition) is 3. The lowest BCUT2D eigenvalue weighted by atomic mass is 9.91. The van der Waals surface area contributed by atoms with Crippen LogP contribution in [0.5, 0.6) is 0 Å². The van der Waals surface area contributed by atoms with Crippen LogP contribution in [-0.2, 0) is 6.54 Å². The summed E-state index contributed by atoms with van der Waals surface area (Å²) in [4.78, 5) is 2.21. The van der Waals surface area contributed by atoms with Gasteiger partial charge in [-0.25, -0.2) is 4.39 Å². The summed E-state index contributed by atoms with van der Waals surface area (Å²) in [6, 6.07) is 5.17. The summed E-state index contributed by atoms with van der Waals surface area (Å²) in [7, 11) is 0. The molecule has 0 aromatic heterocycles. The molecule has 3 nitrogen and oxygen atoms in total. The second-order valence-electron chi connectivity index (χ2n) is 4.67. The third-order valence-corrected chi connectivity index (χ3v) is 3.34. The molecule has 0 atom stereocenters. The number of rotatable bonds is 5. The molecular weight excluding hydrogens is 219 g/mol. The lowest BCUT2D eigenvalue weighted by molar-refractivity contribution is 0.0945. The van der Waals surface area contributed by atoms with Crippen molar-refractivity contribution in [2.45, 2.75) is 31.8 Å². The molecule has 94 valence electrons. The number of anilines is 1. The normalized spacial score (nSPS) is 16.2. The molecular formula is C13H19FN2O. The van der Waals surface area contributed by atoms with E-state index < -0.39 is 0 Å². The van der Waals surface area contributed by atoms with E-state index in [1.807, 2.05) is 0 Å². The third kappa shape index (κ3) is 3.17. The Morgan fingerprint density at radius 3 is 2.65 bits per heavy atom. The van der Waals surface area contributed by atoms with Gasteiger partial charge in [-0.3, -0.25) is 4.90 Å². The molecule has 2 rings (SSSR count). The standard InChI is InChI=1S/C13H19FN2O/c14-11-6-10(7-12(15)8-11)9-16(4-5-17)13-2-1-3-13/h6-8,13,17H,1-5,9,15H2. The van der Waals surface area contributed by atoms with Crippen molar-refractivity contribution in [1.29, 1.82) is 0 Å². The van der Waals surface area contributed by atoms with Gasteiger partial charge >= 0.3 is 0 Å². The first kappa shape index (κ1) is 12.3. The number of halogens is 1. The monoisotopic (exact) mass is 238 g/mol. The summed E-state index contributed by atoms with van der Waals surface area (Å²) < 4.78 is 13.2. The quantitative estimate of drug-likeness (QED) is 0.768. The largest absolute Gasteiger partial charge is 0.399 e. The van der Waals surface area contributed by atoms with Gasteiger partial charge in [0.15, 0.2) is 0 Å². The molecule has 1 aliphatic rings. The van der Waals surface area contributed by atoms with E-state index in [0.717, 1.165) is 5.56 Å². The number of nitrogens with two attached hydrogens (primary N) is 1. The van der Waals surface area contributed by atoms with Gasteiger partial charge in [0.1, 0.15) is 5.82 Å². The Bertz CT molecular complexity index is 359. The van der Waals surface area contributed by atoms with Gasteiger partial charge in [-0.2, -0.15) is 0 Å². The zero-order valence-corrected chi connectivity index (χ0v) is 9.90. The van der Waals surface area contributed by atoms with Crippen LogP contribution in [-0.4, -0.2) is 29.2 Å². The molecule has 0 heterocycles. The van der Waals surface area contributed by atoms with Crippen LogP contribution in [0.4, 0.5) is 10.1 Å². The van der Waals surface area contributed by atoms with E-state index in [4.69, 9.17) is 10.8 Å². The number of hydrogen-bond donors (Lipinski definition) is 2. The number of aliphatic hydroxyl groups is 1. The molecule has 3 N–H and O–H groups in total. The molecule has 0 radical (unpaired) electrons. The molecule has 1 aliphatic carbocycles. The Hall–Kier alpha value is -1.13. The Kier molecular flexibility index (Phi) is 3.97. The average molecular weight is 238 g/mol. The van der Waals surface area contributed by atoms with E-state index in [1.54, 1.807) is 6.07 Å². The lowest BCUT2D eigenvalue weighted by Gasteiger charge is -2.37. The number of nitrogen functional groups attached to an aromatic ring is 1. The van der Waals surface area contributed by atoms with Crippen LogP contribution in [0.2, 0.25) is 0 Å². The lowest BCUT2D eigenvalue weighted by Crippen LogP contribution is -2.41. The summed E-state index contributed by atoms with van der Waals surface area (Å²) in [5.74, 6) is -0.294. The maximum absolute atomic E-state index is 13.2. The van der Waals surface area contributed by atoms with Gasteiger partial charge in [0.2, 0.25) is 0 Å². The topological polar surface area (TPSA) is 49.5 Å². The van der Waals surface area contributed by atoms with Crippen molar-refractivity contribution in [2.24, 2.45) is 0 Å². The van der Waals surface area contributed by atoms with Crippen LogP contribution in [0.3, 0.4) is 0 Å². The highest BCUT2D eigenvalue weighted by Gasteiger charge is 2.24. The van der Waals surface area contributed by atoms with Gasteiger partial charge in [0.05, 0.1) is 6.61 Å². The molecule has 0 bridgehead atoms. The summed E-state index contributed by atoms with van der Waals surface area (Å²) in [5.41, 5.74) is 6.96. The van der Waals surface area contributed by atoms with E-state index in [1.165, 1.54) is 31.4 Å². The van der Waals surface area contributed by atoms with Gasteiger partial charge in [0, 0.05) is 24.8 Å². The van der Waals surface area contributed by atoms with Crippen molar-refractivity contribution >= 4 is 5.69 Å². The first-order valence-electron chi connectivity index (χ1n) is 6.09. The van der Waals surface area contributed by atoms with Gasteiger partial charge < -0.3 is 10.8 Å².